The van der Waals surface area contributed by atoms with Gasteiger partial charge in [-0.2, -0.15) is 0 Å². The van der Waals surface area contributed by atoms with Gasteiger partial charge in [0.1, 0.15) is 12.9 Å². The van der Waals surface area contributed by atoms with Gasteiger partial charge in [0, 0.05) is 32.4 Å². The number of ether oxygens (including phenoxy) is 2. The van der Waals surface area contributed by atoms with E-state index in [9.17, 15) is 13.5 Å². The minimum atomic E-state index is -3.60. The van der Waals surface area contributed by atoms with Crippen LogP contribution in [-0.4, -0.2) is 67.9 Å². The highest BCUT2D eigenvalue weighted by atomic mass is 32.2. The SMILES string of the molecule is C=C1[C@H]([C@@H](O)C#CCC/C=C(\C)CO[Si](C)(C)C(C)(C)C)[C@@H](OCOCC[Si](C)(C)C)C[C@@H](C)[C@]1(C)CS(=O)(=O)c1ccccc1. The summed E-state index contributed by atoms with van der Waals surface area (Å²) in [5, 5.41) is 11.7. The summed E-state index contributed by atoms with van der Waals surface area (Å²) in [7, 11) is -6.65. The van der Waals surface area contributed by atoms with Gasteiger partial charge in [-0.05, 0) is 62.0 Å². The van der Waals surface area contributed by atoms with Gasteiger partial charge in [-0.15, -0.1) is 5.92 Å². The van der Waals surface area contributed by atoms with Crippen molar-refractivity contribution in [3.05, 3.63) is 54.1 Å². The number of sulfone groups is 1. The van der Waals surface area contributed by atoms with Gasteiger partial charge in [-0.25, -0.2) is 8.42 Å². The fraction of sp³-hybridized carbons (Fsp3) is 0.676. The fourth-order valence-corrected chi connectivity index (χ4v) is 9.16. The zero-order chi connectivity index (χ0) is 35.0. The summed E-state index contributed by atoms with van der Waals surface area (Å²) in [6.45, 7) is 30.0. The van der Waals surface area contributed by atoms with Crippen LogP contribution >= 0.6 is 0 Å². The maximum atomic E-state index is 13.5. The molecule has 0 spiro atoms. The van der Waals surface area contributed by atoms with E-state index in [2.05, 4.69) is 84.9 Å². The number of rotatable bonds is 15. The second-order valence-electron chi connectivity index (χ2n) is 16.1. The Morgan fingerprint density at radius 1 is 1.17 bits per heavy atom. The molecule has 6 nitrogen and oxygen atoms in total. The predicted molar refractivity (Wildman–Crippen MR) is 197 cm³/mol. The largest absolute Gasteiger partial charge is 0.413 e. The molecule has 46 heavy (non-hydrogen) atoms. The third-order valence-corrected chi connectivity index (χ3v) is 18.1. The van der Waals surface area contributed by atoms with E-state index in [0.29, 0.717) is 36.5 Å². The molecule has 0 aromatic heterocycles. The number of aliphatic hydroxyl groups excluding tert-OH is 1. The average Bonchev–Trinajstić information content (AvgIpc) is 2.94. The highest BCUT2D eigenvalue weighted by molar-refractivity contribution is 7.91. The van der Waals surface area contributed by atoms with Gasteiger partial charge in [-0.3, -0.25) is 0 Å². The molecule has 0 unspecified atom stereocenters. The van der Waals surface area contributed by atoms with Crippen molar-refractivity contribution in [2.75, 3.05) is 25.8 Å². The maximum absolute atomic E-state index is 13.5. The van der Waals surface area contributed by atoms with E-state index in [0.717, 1.165) is 12.5 Å². The molecular weight excluding hydrogens is 629 g/mol. The van der Waals surface area contributed by atoms with Crippen molar-refractivity contribution >= 4 is 26.2 Å². The minimum Gasteiger partial charge on any atom is -0.413 e. The van der Waals surface area contributed by atoms with E-state index in [-0.39, 0.29) is 29.6 Å². The van der Waals surface area contributed by atoms with E-state index in [1.807, 2.05) is 19.9 Å². The van der Waals surface area contributed by atoms with Crippen LogP contribution in [0, 0.1) is 29.1 Å². The lowest BCUT2D eigenvalue weighted by Gasteiger charge is -2.49. The van der Waals surface area contributed by atoms with Gasteiger partial charge >= 0.3 is 0 Å². The molecule has 1 saturated carbocycles. The topological polar surface area (TPSA) is 82.1 Å². The van der Waals surface area contributed by atoms with E-state index >= 15 is 0 Å². The number of unbranched alkanes of at least 4 members (excludes halogenated alkanes) is 1. The van der Waals surface area contributed by atoms with E-state index in [1.54, 1.807) is 24.3 Å². The Hall–Kier alpha value is -1.52. The molecule has 1 N–H and O–H groups in total. The number of benzene rings is 1. The van der Waals surface area contributed by atoms with E-state index in [1.165, 1.54) is 5.57 Å². The highest BCUT2D eigenvalue weighted by Crippen LogP contribution is 2.50. The van der Waals surface area contributed by atoms with Crippen LogP contribution < -0.4 is 0 Å². The van der Waals surface area contributed by atoms with Crippen LogP contribution in [0.15, 0.2) is 59.0 Å². The normalized spacial score (nSPS) is 24.0. The second-order valence-corrected chi connectivity index (χ2v) is 28.5. The van der Waals surface area contributed by atoms with Crippen molar-refractivity contribution in [2.24, 2.45) is 17.3 Å². The molecule has 0 radical (unpaired) electrons. The molecule has 260 valence electrons. The third kappa shape index (κ3) is 11.9. The zero-order valence-electron chi connectivity index (χ0n) is 30.5. The summed E-state index contributed by atoms with van der Waals surface area (Å²) in [6.07, 6.45) is 2.64. The summed E-state index contributed by atoms with van der Waals surface area (Å²) in [5.41, 5.74) is 1.07. The van der Waals surface area contributed by atoms with Crippen LogP contribution in [0.2, 0.25) is 43.8 Å². The van der Waals surface area contributed by atoms with Crippen LogP contribution in [-0.2, 0) is 23.7 Å². The van der Waals surface area contributed by atoms with Crippen molar-refractivity contribution in [3.63, 3.8) is 0 Å². The zero-order valence-corrected chi connectivity index (χ0v) is 33.4. The monoisotopic (exact) mass is 690 g/mol. The molecular formula is C37H62O6SSi2. The Balaban J connectivity index is 2.19. The van der Waals surface area contributed by atoms with E-state index in [4.69, 9.17) is 13.9 Å². The Morgan fingerprint density at radius 2 is 1.80 bits per heavy atom. The smallest absolute Gasteiger partial charge is 0.192 e. The molecule has 0 bridgehead atoms. The Kier molecular flexibility index (Phi) is 14.8. The number of allylic oxidation sites excluding steroid dienone is 1. The van der Waals surface area contributed by atoms with Gasteiger partial charge in [0.25, 0.3) is 0 Å². The summed E-state index contributed by atoms with van der Waals surface area (Å²) in [6, 6.07) is 9.58. The molecule has 1 aliphatic rings. The van der Waals surface area contributed by atoms with Gasteiger partial charge in [0.05, 0.1) is 23.4 Å². The van der Waals surface area contributed by atoms with Crippen LogP contribution in [0.5, 0.6) is 0 Å². The Bertz CT molecular complexity index is 1330. The first-order chi connectivity index (χ1) is 21.1. The lowest BCUT2D eigenvalue weighted by atomic mass is 9.60. The second kappa shape index (κ2) is 16.7. The first kappa shape index (κ1) is 40.7. The average molecular weight is 691 g/mol. The van der Waals surface area contributed by atoms with Gasteiger partial charge in [0.15, 0.2) is 18.2 Å². The molecule has 5 atom stereocenters. The first-order valence-corrected chi connectivity index (χ1v) is 25.0. The lowest BCUT2D eigenvalue weighted by Crippen LogP contribution is -2.50. The number of aliphatic hydroxyl groups is 1. The third-order valence-electron chi connectivity index (χ3n) is 9.98. The molecule has 0 saturated heterocycles. The molecule has 0 heterocycles. The van der Waals surface area contributed by atoms with Gasteiger partial charge < -0.3 is 19.0 Å². The first-order valence-electron chi connectivity index (χ1n) is 16.7. The lowest BCUT2D eigenvalue weighted by molar-refractivity contribution is -0.130. The van der Waals surface area contributed by atoms with Gasteiger partial charge in [0.2, 0.25) is 0 Å². The van der Waals surface area contributed by atoms with Crippen LogP contribution in [0.1, 0.15) is 60.8 Å². The molecule has 1 aliphatic carbocycles. The molecule has 2 rings (SSSR count). The quantitative estimate of drug-likeness (QED) is 0.0654. The van der Waals surface area contributed by atoms with Crippen molar-refractivity contribution in [1.29, 1.82) is 0 Å². The Morgan fingerprint density at radius 3 is 2.39 bits per heavy atom. The number of hydrogen-bond acceptors (Lipinski definition) is 6. The van der Waals surface area contributed by atoms with Crippen LogP contribution in [0.3, 0.4) is 0 Å². The Labute approximate surface area is 283 Å². The predicted octanol–water partition coefficient (Wildman–Crippen LogP) is 8.49. The summed E-state index contributed by atoms with van der Waals surface area (Å²) in [5.74, 6) is 5.53. The number of hydrogen-bond donors (Lipinski definition) is 1. The molecule has 1 fully saturated rings. The summed E-state index contributed by atoms with van der Waals surface area (Å²) >= 11 is 0. The molecule has 1 aromatic carbocycles. The summed E-state index contributed by atoms with van der Waals surface area (Å²) < 4.78 is 45.5. The summed E-state index contributed by atoms with van der Waals surface area (Å²) in [4.78, 5) is 0.292. The van der Waals surface area contributed by atoms with Crippen molar-refractivity contribution in [1.82, 2.24) is 0 Å². The minimum absolute atomic E-state index is 0.0523. The van der Waals surface area contributed by atoms with E-state index < -0.39 is 43.7 Å². The van der Waals surface area contributed by atoms with Crippen molar-refractivity contribution in [3.8, 4) is 11.8 Å². The molecule has 0 amide bonds. The van der Waals surface area contributed by atoms with Crippen molar-refractivity contribution < 1.29 is 27.4 Å². The molecule has 0 aliphatic heterocycles. The van der Waals surface area contributed by atoms with Crippen molar-refractivity contribution in [2.45, 2.75) is 122 Å². The van der Waals surface area contributed by atoms with Crippen LogP contribution in [0.4, 0.5) is 0 Å². The standard InChI is InChI=1S/C37H62O6SSi2/c1-29(26-43-46(11,12)36(4,5)6)19-15-13-18-22-33(38)35-31(3)37(7,27-44(39,40)32-20-16-14-17-21-32)30(2)25-34(35)42-28-41-23-24-45(8,9)10/h14,16-17,19-21,30,33-35,38H,3,13,15,23-28H2,1-2,4-12H3/b29-19+/t30-,33+,34+,35-,37+/m1/s1. The maximum Gasteiger partial charge on any atom is 0.192 e. The fourth-order valence-electron chi connectivity index (χ4n) is 5.38. The van der Waals surface area contributed by atoms with Gasteiger partial charge in [-0.1, -0.05) is 102 Å². The highest BCUT2D eigenvalue weighted by Gasteiger charge is 2.50. The molecule has 1 aromatic rings. The molecule has 9 heteroatoms. The van der Waals surface area contributed by atoms with Crippen LogP contribution in [0.25, 0.3) is 0 Å².